The van der Waals surface area contributed by atoms with E-state index in [1.54, 1.807) is 0 Å². The van der Waals surface area contributed by atoms with Gasteiger partial charge < -0.3 is 0 Å². The molecule has 0 amide bonds. The third kappa shape index (κ3) is 4.26. The summed E-state index contributed by atoms with van der Waals surface area (Å²) in [5.41, 5.74) is 0. The molecule has 0 saturated carbocycles. The molecule has 0 N–H and O–H groups in total. The van der Waals surface area contributed by atoms with Crippen molar-refractivity contribution < 1.29 is 21.8 Å². The van der Waals surface area contributed by atoms with Crippen molar-refractivity contribution in [1.82, 2.24) is 0 Å². The second-order valence-electron chi connectivity index (χ2n) is 2.63. The molecule has 0 saturated heterocycles. The van der Waals surface area contributed by atoms with Gasteiger partial charge in [-0.3, -0.25) is 0 Å². The van der Waals surface area contributed by atoms with Crippen LogP contribution in [0.3, 0.4) is 0 Å². The second kappa shape index (κ2) is 8.54. The van der Waals surface area contributed by atoms with Crippen LogP contribution in [0.4, 0.5) is 0 Å². The molecular weight excluding hydrogens is 270 g/mol. The molecule has 3 heteroatoms. The van der Waals surface area contributed by atoms with Gasteiger partial charge in [-0.2, -0.15) is 0 Å². The zero-order valence-corrected chi connectivity index (χ0v) is 11.8. The van der Waals surface area contributed by atoms with E-state index in [-0.39, 0.29) is 24.8 Å². The Hall–Kier alpha value is 0.943. The molecule has 1 aliphatic carbocycles. The standard InChI is InChI=1S/C5H5.2C2H5.2ClH.Zr/c1-2-4-5-3-1;2*1-2;;;/h1-3H,4H2;2*1H2,2H3;2*1H;. The predicted molar refractivity (Wildman–Crippen MR) is 57.3 cm³/mol. The van der Waals surface area contributed by atoms with Gasteiger partial charge >= 0.3 is 71.8 Å². The molecule has 0 nitrogen and oxygen atoms in total. The van der Waals surface area contributed by atoms with Gasteiger partial charge in [0.2, 0.25) is 0 Å². The monoisotopic (exact) mass is 285 g/mol. The molecule has 1 rings (SSSR count). The van der Waals surface area contributed by atoms with Crippen LogP contribution in [0.5, 0.6) is 0 Å². The topological polar surface area (TPSA) is 0 Å². The molecule has 0 aromatic rings. The Morgan fingerprint density at radius 2 is 1.83 bits per heavy atom. The first-order chi connectivity index (χ1) is 4.88. The van der Waals surface area contributed by atoms with Crippen molar-refractivity contribution in [3.63, 3.8) is 0 Å². The Morgan fingerprint density at radius 3 is 2.17 bits per heavy atom. The summed E-state index contributed by atoms with van der Waals surface area (Å²) >= 11 is -0.982. The number of allylic oxidation sites excluding steroid dienone is 4. The maximum Gasteiger partial charge on any atom is -0.147 e. The van der Waals surface area contributed by atoms with E-state index < -0.39 is 21.8 Å². The van der Waals surface area contributed by atoms with Gasteiger partial charge in [0.15, 0.2) is 0 Å². The fourth-order valence-corrected chi connectivity index (χ4v) is 6.69. The molecule has 0 atom stereocenters. The Morgan fingerprint density at radius 1 is 1.25 bits per heavy atom. The summed E-state index contributed by atoms with van der Waals surface area (Å²) in [6.07, 6.45) is 8.17. The Balaban J connectivity index is 0. The first-order valence-electron chi connectivity index (χ1n) is 4.09. The van der Waals surface area contributed by atoms with Gasteiger partial charge in [-0.05, 0) is 0 Å². The second-order valence-corrected chi connectivity index (χ2v) is 10.7. The van der Waals surface area contributed by atoms with Gasteiger partial charge in [-0.25, -0.2) is 0 Å². The fourth-order valence-electron chi connectivity index (χ4n) is 1.41. The summed E-state index contributed by atoms with van der Waals surface area (Å²) in [6.45, 7) is 4.72. The normalized spacial score (nSPS) is 13.0. The molecular formula is C9H17Cl2Zr. The number of hydrogen-bond donors (Lipinski definition) is 0. The van der Waals surface area contributed by atoms with Crippen LogP contribution in [0.25, 0.3) is 0 Å². The third-order valence-electron chi connectivity index (χ3n) is 2.08. The van der Waals surface area contributed by atoms with Crippen molar-refractivity contribution in [2.75, 3.05) is 0 Å². The van der Waals surface area contributed by atoms with Crippen LogP contribution in [0.1, 0.15) is 20.3 Å². The predicted octanol–water partition coefficient (Wildman–Crippen LogP) is 4.17. The summed E-state index contributed by atoms with van der Waals surface area (Å²) < 4.78 is 4.81. The molecule has 0 spiro atoms. The largest absolute Gasteiger partial charge is 0.147 e. The SMILES string of the molecule is C[CH2][Zr]([CH2]C)[C]1=CC=CC1.Cl.Cl. The minimum atomic E-state index is -0.982. The summed E-state index contributed by atoms with van der Waals surface area (Å²) in [5, 5.41) is 0. The van der Waals surface area contributed by atoms with Crippen LogP contribution in [0.15, 0.2) is 21.5 Å². The molecule has 1 aliphatic rings. The molecule has 0 radical (unpaired) electrons. The van der Waals surface area contributed by atoms with E-state index in [9.17, 15) is 0 Å². The van der Waals surface area contributed by atoms with Crippen molar-refractivity contribution in [2.24, 2.45) is 0 Å². The number of halogens is 2. The third-order valence-corrected chi connectivity index (χ3v) is 9.42. The van der Waals surface area contributed by atoms with Crippen LogP contribution in [-0.2, 0) is 21.8 Å². The molecule has 0 unspecified atom stereocenters. The zero-order valence-electron chi connectivity index (χ0n) is 7.67. The van der Waals surface area contributed by atoms with Gasteiger partial charge in [0.1, 0.15) is 0 Å². The number of rotatable bonds is 3. The first kappa shape index (κ1) is 15.4. The van der Waals surface area contributed by atoms with Gasteiger partial charge in [0.25, 0.3) is 0 Å². The van der Waals surface area contributed by atoms with Crippen LogP contribution in [0, 0.1) is 0 Å². The van der Waals surface area contributed by atoms with Gasteiger partial charge in [-0.1, -0.05) is 0 Å². The first-order valence-corrected chi connectivity index (χ1v) is 8.79. The van der Waals surface area contributed by atoms with Crippen LogP contribution < -0.4 is 0 Å². The number of hydrogen-bond acceptors (Lipinski definition) is 0. The van der Waals surface area contributed by atoms with E-state index in [4.69, 9.17) is 0 Å². The van der Waals surface area contributed by atoms with Crippen molar-refractivity contribution >= 4 is 24.8 Å². The molecule has 71 valence electrons. The van der Waals surface area contributed by atoms with Crippen molar-refractivity contribution in [1.29, 1.82) is 0 Å². The van der Waals surface area contributed by atoms with Crippen molar-refractivity contribution in [3.05, 3.63) is 21.5 Å². The van der Waals surface area contributed by atoms with Crippen LogP contribution >= 0.6 is 24.8 Å². The molecule has 12 heavy (non-hydrogen) atoms. The van der Waals surface area contributed by atoms with E-state index >= 15 is 0 Å². The zero-order chi connectivity index (χ0) is 7.40. The molecule has 0 bridgehead atoms. The van der Waals surface area contributed by atoms with E-state index in [1.165, 1.54) is 14.7 Å². The van der Waals surface area contributed by atoms with Crippen LogP contribution in [-0.4, -0.2) is 0 Å². The molecule has 0 fully saturated rings. The average molecular weight is 287 g/mol. The van der Waals surface area contributed by atoms with E-state index in [2.05, 4.69) is 32.1 Å². The molecule has 0 aromatic heterocycles. The minimum absolute atomic E-state index is 0. The van der Waals surface area contributed by atoms with Crippen molar-refractivity contribution in [3.8, 4) is 0 Å². The molecule has 0 aliphatic heterocycles. The van der Waals surface area contributed by atoms with E-state index in [1.807, 2.05) is 3.28 Å². The summed E-state index contributed by atoms with van der Waals surface area (Å²) in [4.78, 5) is 0. The maximum absolute atomic E-state index is 2.36. The van der Waals surface area contributed by atoms with Gasteiger partial charge in [0.05, 0.1) is 0 Å². The summed E-state index contributed by atoms with van der Waals surface area (Å²) in [6, 6.07) is 0. The van der Waals surface area contributed by atoms with Crippen molar-refractivity contribution in [2.45, 2.75) is 28.5 Å². The summed E-state index contributed by atoms with van der Waals surface area (Å²) in [7, 11) is 0. The molecule has 0 aromatic carbocycles. The Labute approximate surface area is 96.0 Å². The van der Waals surface area contributed by atoms with E-state index in [0.717, 1.165) is 0 Å². The van der Waals surface area contributed by atoms with Gasteiger partial charge in [0, 0.05) is 0 Å². The smallest absolute Gasteiger partial charge is 0.147 e. The fraction of sp³-hybridized carbons (Fsp3) is 0.556. The van der Waals surface area contributed by atoms with Crippen LogP contribution in [0.2, 0.25) is 8.26 Å². The summed E-state index contributed by atoms with van der Waals surface area (Å²) in [5.74, 6) is 0. The quantitative estimate of drug-likeness (QED) is 0.731. The Bertz CT molecular complexity index is 160. The van der Waals surface area contributed by atoms with E-state index in [0.29, 0.717) is 0 Å². The minimum Gasteiger partial charge on any atom is -0.147 e. The average Bonchev–Trinajstić information content (AvgIpc) is 2.43. The Kier molecular flexibility index (Phi) is 11.0. The van der Waals surface area contributed by atoms with Gasteiger partial charge in [-0.15, -0.1) is 24.8 Å². The molecule has 0 heterocycles. The maximum atomic E-state index is 2.36.